The molecule has 1 fully saturated rings. The number of amides is 1. The Morgan fingerprint density at radius 3 is 2.76 bits per heavy atom. The zero-order valence-electron chi connectivity index (χ0n) is 20.7. The maximum atomic E-state index is 13.5. The molecule has 7 heteroatoms. The van der Waals surface area contributed by atoms with E-state index in [-0.39, 0.29) is 5.92 Å². The number of likely N-dealkylation sites (tertiary alicyclic amines) is 1. The van der Waals surface area contributed by atoms with Gasteiger partial charge in [-0.2, -0.15) is 0 Å². The highest BCUT2D eigenvalue weighted by Crippen LogP contribution is 2.41. The molecule has 1 amide bonds. The van der Waals surface area contributed by atoms with Gasteiger partial charge in [-0.05, 0) is 72.4 Å². The van der Waals surface area contributed by atoms with Crippen molar-refractivity contribution < 1.29 is 4.79 Å². The number of aromatic nitrogens is 2. The standard InChI is InChI=1S/C30H29N5OS/c36-30(35-12-10-20(11-13-35)19-4-2-1-3-5-19)21-7-9-25-26(15-21)37-29-27(25)28(32-18-33-29)34-24-8-6-22-16-31-17-23(22)14-24/h1-6,8,14,17-18,20-21H,7,9-13,15-16H2,(H,32,33,34). The number of carbonyl (C=O) groups excluding carboxylic acids is 1. The van der Waals surface area contributed by atoms with E-state index in [0.29, 0.717) is 11.8 Å². The van der Waals surface area contributed by atoms with Crippen molar-refractivity contribution in [1.29, 1.82) is 0 Å². The smallest absolute Gasteiger partial charge is 0.226 e. The van der Waals surface area contributed by atoms with Crippen LogP contribution in [0.5, 0.6) is 0 Å². The van der Waals surface area contributed by atoms with Crippen molar-refractivity contribution in [3.63, 3.8) is 0 Å². The second-order valence-electron chi connectivity index (χ2n) is 10.4. The van der Waals surface area contributed by atoms with Crippen LogP contribution in [-0.4, -0.2) is 40.1 Å². The number of aliphatic imine (C=N–C) groups is 1. The Kier molecular flexibility index (Phi) is 5.73. The molecule has 3 aliphatic rings. The second-order valence-corrected chi connectivity index (χ2v) is 11.4. The highest BCUT2D eigenvalue weighted by molar-refractivity contribution is 7.19. The second kappa shape index (κ2) is 9.38. The van der Waals surface area contributed by atoms with Gasteiger partial charge in [0.1, 0.15) is 17.0 Å². The average molecular weight is 508 g/mol. The normalized spacial score (nSPS) is 19.1. The largest absolute Gasteiger partial charge is 0.342 e. The van der Waals surface area contributed by atoms with E-state index < -0.39 is 0 Å². The SMILES string of the molecule is O=C(C1CCc2c(sc3ncnc(Nc4ccc5c(c4)C=NC5)c23)C1)N1CCC(c2ccccc2)CC1. The molecule has 2 aliphatic heterocycles. The van der Waals surface area contributed by atoms with Gasteiger partial charge in [0, 0.05) is 35.8 Å². The molecule has 2 aromatic carbocycles. The highest BCUT2D eigenvalue weighted by atomic mass is 32.1. The molecule has 0 spiro atoms. The summed E-state index contributed by atoms with van der Waals surface area (Å²) in [6.07, 6.45) is 8.27. The van der Waals surface area contributed by atoms with Crippen LogP contribution in [0.4, 0.5) is 11.5 Å². The Morgan fingerprint density at radius 1 is 1.03 bits per heavy atom. The molecule has 1 unspecified atom stereocenters. The van der Waals surface area contributed by atoms with Crippen LogP contribution < -0.4 is 5.32 Å². The minimum absolute atomic E-state index is 0.0641. The van der Waals surface area contributed by atoms with Crippen molar-refractivity contribution in [3.8, 4) is 0 Å². The van der Waals surface area contributed by atoms with Crippen LogP contribution in [0, 0.1) is 5.92 Å². The number of aryl methyl sites for hydroxylation is 1. The molecular weight excluding hydrogens is 478 g/mol. The number of hydrogen-bond acceptors (Lipinski definition) is 6. The first-order valence-electron chi connectivity index (χ1n) is 13.2. The summed E-state index contributed by atoms with van der Waals surface area (Å²) >= 11 is 1.73. The number of piperidine rings is 1. The quantitative estimate of drug-likeness (QED) is 0.375. The summed E-state index contributed by atoms with van der Waals surface area (Å²) in [4.78, 5) is 31.5. The maximum Gasteiger partial charge on any atom is 0.226 e. The monoisotopic (exact) mass is 507 g/mol. The molecule has 0 radical (unpaired) electrons. The number of fused-ring (bicyclic) bond motifs is 4. The van der Waals surface area contributed by atoms with Crippen molar-refractivity contribution in [3.05, 3.63) is 82.0 Å². The van der Waals surface area contributed by atoms with Crippen molar-refractivity contribution in [2.75, 3.05) is 18.4 Å². The minimum atomic E-state index is 0.0641. The molecular formula is C30H29N5OS. The van der Waals surface area contributed by atoms with Gasteiger partial charge < -0.3 is 10.2 Å². The molecule has 0 bridgehead atoms. The molecule has 6 nitrogen and oxygen atoms in total. The fourth-order valence-corrected chi connectivity index (χ4v) is 7.42. The van der Waals surface area contributed by atoms with Gasteiger partial charge in [0.05, 0.1) is 11.9 Å². The van der Waals surface area contributed by atoms with Crippen molar-refractivity contribution >= 4 is 45.2 Å². The Hall–Kier alpha value is -3.58. The van der Waals surface area contributed by atoms with E-state index in [1.807, 2.05) is 6.21 Å². The summed E-state index contributed by atoms with van der Waals surface area (Å²) in [6, 6.07) is 17.1. The van der Waals surface area contributed by atoms with Crippen LogP contribution in [0.25, 0.3) is 10.2 Å². The van der Waals surface area contributed by atoms with E-state index in [2.05, 4.69) is 73.7 Å². The van der Waals surface area contributed by atoms with Crippen molar-refractivity contribution in [2.24, 2.45) is 10.9 Å². The first-order valence-corrected chi connectivity index (χ1v) is 14.0. The number of anilines is 2. The van der Waals surface area contributed by atoms with Gasteiger partial charge in [0.25, 0.3) is 0 Å². The molecule has 4 aromatic rings. The lowest BCUT2D eigenvalue weighted by atomic mass is 9.85. The third-order valence-corrected chi connectivity index (χ3v) is 9.34. The van der Waals surface area contributed by atoms with Crippen LogP contribution in [0.3, 0.4) is 0 Å². The van der Waals surface area contributed by atoms with Crippen LogP contribution in [0.15, 0.2) is 59.9 Å². The van der Waals surface area contributed by atoms with Crippen LogP contribution in [0.1, 0.15) is 52.3 Å². The Balaban J connectivity index is 1.07. The van der Waals surface area contributed by atoms with Crippen molar-refractivity contribution in [2.45, 2.75) is 44.6 Å². The van der Waals surface area contributed by atoms with Gasteiger partial charge in [0.2, 0.25) is 5.91 Å². The molecule has 4 heterocycles. The number of carbonyl (C=O) groups is 1. The summed E-state index contributed by atoms with van der Waals surface area (Å²) in [5, 5.41) is 4.65. The van der Waals surface area contributed by atoms with Gasteiger partial charge in [-0.25, -0.2) is 9.97 Å². The van der Waals surface area contributed by atoms with E-state index >= 15 is 0 Å². The number of rotatable bonds is 4. The summed E-state index contributed by atoms with van der Waals surface area (Å²) in [5.41, 5.74) is 6.15. The lowest BCUT2D eigenvalue weighted by Gasteiger charge is -2.35. The highest BCUT2D eigenvalue weighted by Gasteiger charge is 2.33. The number of nitrogens with zero attached hydrogens (tertiary/aromatic N) is 4. The molecule has 37 heavy (non-hydrogen) atoms. The molecule has 2 aromatic heterocycles. The van der Waals surface area contributed by atoms with Crippen LogP contribution in [0.2, 0.25) is 0 Å². The van der Waals surface area contributed by atoms with Gasteiger partial charge >= 0.3 is 0 Å². The maximum absolute atomic E-state index is 13.5. The topological polar surface area (TPSA) is 70.5 Å². The lowest BCUT2D eigenvalue weighted by molar-refractivity contribution is -0.137. The van der Waals surface area contributed by atoms with E-state index in [0.717, 1.165) is 79.0 Å². The Morgan fingerprint density at radius 2 is 1.89 bits per heavy atom. The summed E-state index contributed by atoms with van der Waals surface area (Å²) < 4.78 is 0. The fourth-order valence-electron chi connectivity index (χ4n) is 6.15. The van der Waals surface area contributed by atoms with Gasteiger partial charge in [-0.1, -0.05) is 36.4 Å². The minimum Gasteiger partial charge on any atom is -0.342 e. The zero-order chi connectivity index (χ0) is 24.8. The lowest BCUT2D eigenvalue weighted by Crippen LogP contribution is -2.42. The molecule has 1 saturated heterocycles. The first-order chi connectivity index (χ1) is 18.2. The zero-order valence-corrected chi connectivity index (χ0v) is 21.5. The summed E-state index contributed by atoms with van der Waals surface area (Å²) in [6.45, 7) is 2.48. The number of nitrogens with one attached hydrogen (secondary N) is 1. The third-order valence-electron chi connectivity index (χ3n) is 8.17. The van der Waals surface area contributed by atoms with E-state index in [1.165, 1.54) is 21.6 Å². The summed E-state index contributed by atoms with van der Waals surface area (Å²) in [7, 11) is 0. The third kappa shape index (κ3) is 4.21. The van der Waals surface area contributed by atoms with E-state index in [1.54, 1.807) is 17.7 Å². The number of benzene rings is 2. The average Bonchev–Trinajstić information content (AvgIpc) is 3.57. The number of thiophene rings is 1. The van der Waals surface area contributed by atoms with Crippen molar-refractivity contribution in [1.82, 2.24) is 14.9 Å². The Bertz CT molecular complexity index is 1500. The molecule has 0 saturated carbocycles. The predicted molar refractivity (Wildman–Crippen MR) is 149 cm³/mol. The molecule has 1 aliphatic carbocycles. The first kappa shape index (κ1) is 22.6. The molecule has 1 atom stereocenters. The molecule has 1 N–H and O–H groups in total. The van der Waals surface area contributed by atoms with Crippen LogP contribution >= 0.6 is 11.3 Å². The van der Waals surface area contributed by atoms with E-state index in [4.69, 9.17) is 0 Å². The number of hydrogen-bond donors (Lipinski definition) is 1. The van der Waals surface area contributed by atoms with Gasteiger partial charge in [0.15, 0.2) is 0 Å². The van der Waals surface area contributed by atoms with Crippen LogP contribution in [-0.2, 0) is 24.2 Å². The van der Waals surface area contributed by atoms with Gasteiger partial charge in [-0.15, -0.1) is 11.3 Å². The molecule has 186 valence electrons. The summed E-state index contributed by atoms with van der Waals surface area (Å²) in [5.74, 6) is 1.81. The van der Waals surface area contributed by atoms with Gasteiger partial charge in [-0.3, -0.25) is 9.79 Å². The Labute approximate surface area is 220 Å². The fraction of sp³-hybridized carbons (Fsp3) is 0.333. The molecule has 7 rings (SSSR count). The van der Waals surface area contributed by atoms with E-state index in [9.17, 15) is 4.79 Å². The predicted octanol–water partition coefficient (Wildman–Crippen LogP) is 5.88.